The highest BCUT2D eigenvalue weighted by atomic mass is 15.2. The summed E-state index contributed by atoms with van der Waals surface area (Å²) in [6.45, 7) is 11.8. The summed E-state index contributed by atoms with van der Waals surface area (Å²) in [5, 5.41) is 6.76. The van der Waals surface area contributed by atoms with Gasteiger partial charge in [0.2, 0.25) is 0 Å². The van der Waals surface area contributed by atoms with Gasteiger partial charge in [0.25, 0.3) is 0 Å². The van der Waals surface area contributed by atoms with Crippen molar-refractivity contribution in [2.75, 3.05) is 26.7 Å². The standard InChI is InChI=1S/C18H32N4/c1-15(2)22(16(3)4)14-13-21-18(19-5)20-12-11-17-9-7-6-8-10-17/h6-10,15-16H,11-14H2,1-5H3,(H2,19,20,21). The van der Waals surface area contributed by atoms with Gasteiger partial charge in [0.15, 0.2) is 5.96 Å². The first-order valence-electron chi connectivity index (χ1n) is 8.28. The van der Waals surface area contributed by atoms with Crippen LogP contribution in [0.3, 0.4) is 0 Å². The van der Waals surface area contributed by atoms with E-state index in [1.165, 1.54) is 5.56 Å². The largest absolute Gasteiger partial charge is 0.356 e. The predicted octanol–water partition coefficient (Wildman–Crippen LogP) is 2.51. The third-order valence-electron chi connectivity index (χ3n) is 3.76. The zero-order valence-corrected chi connectivity index (χ0v) is 14.8. The second-order valence-electron chi connectivity index (χ2n) is 6.09. The van der Waals surface area contributed by atoms with Gasteiger partial charge >= 0.3 is 0 Å². The van der Waals surface area contributed by atoms with Gasteiger partial charge in [-0.15, -0.1) is 0 Å². The van der Waals surface area contributed by atoms with E-state index in [9.17, 15) is 0 Å². The molecular formula is C18H32N4. The molecule has 0 aromatic heterocycles. The van der Waals surface area contributed by atoms with Crippen molar-refractivity contribution in [1.29, 1.82) is 0 Å². The van der Waals surface area contributed by atoms with Crippen LogP contribution in [0.2, 0.25) is 0 Å². The van der Waals surface area contributed by atoms with E-state index in [0.29, 0.717) is 12.1 Å². The van der Waals surface area contributed by atoms with Crippen LogP contribution >= 0.6 is 0 Å². The minimum atomic E-state index is 0.565. The maximum absolute atomic E-state index is 4.28. The fraction of sp³-hybridized carbons (Fsp3) is 0.611. The van der Waals surface area contributed by atoms with Gasteiger partial charge in [0, 0.05) is 38.8 Å². The summed E-state index contributed by atoms with van der Waals surface area (Å²) >= 11 is 0. The van der Waals surface area contributed by atoms with Crippen LogP contribution in [-0.4, -0.2) is 49.6 Å². The zero-order chi connectivity index (χ0) is 16.4. The van der Waals surface area contributed by atoms with Crippen LogP contribution < -0.4 is 10.6 Å². The molecule has 0 bridgehead atoms. The summed E-state index contributed by atoms with van der Waals surface area (Å²) < 4.78 is 0. The van der Waals surface area contributed by atoms with Crippen molar-refractivity contribution in [2.24, 2.45) is 4.99 Å². The van der Waals surface area contributed by atoms with Crippen LogP contribution in [0.1, 0.15) is 33.3 Å². The van der Waals surface area contributed by atoms with E-state index in [1.54, 1.807) is 0 Å². The summed E-state index contributed by atoms with van der Waals surface area (Å²) in [5.41, 5.74) is 1.34. The molecule has 0 fully saturated rings. The number of guanidine groups is 1. The first-order valence-corrected chi connectivity index (χ1v) is 8.28. The summed E-state index contributed by atoms with van der Waals surface area (Å²) in [5.74, 6) is 0.878. The highest BCUT2D eigenvalue weighted by Crippen LogP contribution is 2.03. The minimum Gasteiger partial charge on any atom is -0.356 e. The Morgan fingerprint density at radius 2 is 1.59 bits per heavy atom. The third-order valence-corrected chi connectivity index (χ3v) is 3.76. The Morgan fingerprint density at radius 1 is 1.00 bits per heavy atom. The SMILES string of the molecule is CN=C(NCCc1ccccc1)NCCN(C(C)C)C(C)C. The molecule has 1 aromatic rings. The normalized spacial score (nSPS) is 12.3. The van der Waals surface area contributed by atoms with E-state index >= 15 is 0 Å². The molecule has 0 saturated carbocycles. The van der Waals surface area contributed by atoms with Crippen molar-refractivity contribution in [1.82, 2.24) is 15.5 Å². The van der Waals surface area contributed by atoms with Crippen LogP contribution in [0, 0.1) is 0 Å². The van der Waals surface area contributed by atoms with Gasteiger partial charge in [-0.05, 0) is 39.7 Å². The molecule has 0 aliphatic carbocycles. The highest BCUT2D eigenvalue weighted by Gasteiger charge is 2.12. The predicted molar refractivity (Wildman–Crippen MR) is 96.5 cm³/mol. The molecule has 1 rings (SSSR count). The molecule has 22 heavy (non-hydrogen) atoms. The minimum absolute atomic E-state index is 0.565. The molecule has 4 nitrogen and oxygen atoms in total. The third kappa shape index (κ3) is 6.94. The van der Waals surface area contributed by atoms with Crippen LogP contribution in [0.4, 0.5) is 0 Å². The van der Waals surface area contributed by atoms with Crippen molar-refractivity contribution in [3.63, 3.8) is 0 Å². The molecule has 0 spiro atoms. The lowest BCUT2D eigenvalue weighted by molar-refractivity contribution is 0.178. The molecule has 0 saturated heterocycles. The van der Waals surface area contributed by atoms with Crippen molar-refractivity contribution in [3.8, 4) is 0 Å². The average molecular weight is 304 g/mol. The Labute approximate surface area is 136 Å². The molecule has 0 heterocycles. The van der Waals surface area contributed by atoms with Gasteiger partial charge in [0.05, 0.1) is 0 Å². The number of hydrogen-bond donors (Lipinski definition) is 2. The van der Waals surface area contributed by atoms with E-state index < -0.39 is 0 Å². The first-order chi connectivity index (χ1) is 10.5. The smallest absolute Gasteiger partial charge is 0.191 e. The number of benzene rings is 1. The molecule has 1 aromatic carbocycles. The van der Waals surface area contributed by atoms with Gasteiger partial charge in [-0.25, -0.2) is 0 Å². The van der Waals surface area contributed by atoms with Crippen LogP contribution in [0.5, 0.6) is 0 Å². The lowest BCUT2D eigenvalue weighted by Gasteiger charge is -2.30. The van der Waals surface area contributed by atoms with Gasteiger partial charge in [-0.2, -0.15) is 0 Å². The van der Waals surface area contributed by atoms with E-state index in [4.69, 9.17) is 0 Å². The Balaban J connectivity index is 2.28. The number of nitrogens with zero attached hydrogens (tertiary/aromatic N) is 2. The van der Waals surface area contributed by atoms with Crippen molar-refractivity contribution in [3.05, 3.63) is 35.9 Å². The summed E-state index contributed by atoms with van der Waals surface area (Å²) in [4.78, 5) is 6.76. The number of rotatable bonds is 8. The first kappa shape index (κ1) is 18.5. The molecule has 2 N–H and O–H groups in total. The molecule has 0 aliphatic heterocycles. The zero-order valence-electron chi connectivity index (χ0n) is 14.8. The van der Waals surface area contributed by atoms with Gasteiger partial charge < -0.3 is 10.6 Å². The summed E-state index contributed by atoms with van der Waals surface area (Å²) in [6.07, 6.45) is 1.01. The van der Waals surface area contributed by atoms with Gasteiger partial charge in [-0.3, -0.25) is 9.89 Å². The molecule has 0 unspecified atom stereocenters. The molecule has 124 valence electrons. The van der Waals surface area contributed by atoms with Crippen LogP contribution in [0.15, 0.2) is 35.3 Å². The molecule has 0 radical (unpaired) electrons. The van der Waals surface area contributed by atoms with E-state index in [2.05, 4.69) is 72.5 Å². The maximum atomic E-state index is 4.28. The average Bonchev–Trinajstić information content (AvgIpc) is 2.49. The van der Waals surface area contributed by atoms with E-state index in [0.717, 1.165) is 32.0 Å². The lowest BCUT2D eigenvalue weighted by Crippen LogP contribution is -2.45. The quantitative estimate of drug-likeness (QED) is 0.573. The number of hydrogen-bond acceptors (Lipinski definition) is 2. The van der Waals surface area contributed by atoms with Crippen molar-refractivity contribution in [2.45, 2.75) is 46.2 Å². The Bertz CT molecular complexity index is 418. The number of aliphatic imine (C=N–C) groups is 1. The second-order valence-corrected chi connectivity index (χ2v) is 6.09. The molecule has 4 heteroatoms. The van der Waals surface area contributed by atoms with Gasteiger partial charge in [-0.1, -0.05) is 30.3 Å². The molecule has 0 aliphatic rings. The van der Waals surface area contributed by atoms with Gasteiger partial charge in [0.1, 0.15) is 0 Å². The molecule has 0 amide bonds. The topological polar surface area (TPSA) is 39.7 Å². The lowest BCUT2D eigenvalue weighted by atomic mass is 10.1. The second kappa shape index (κ2) is 10.2. The summed E-state index contributed by atoms with van der Waals surface area (Å²) in [7, 11) is 1.82. The van der Waals surface area contributed by atoms with E-state index in [-0.39, 0.29) is 0 Å². The Morgan fingerprint density at radius 3 is 2.14 bits per heavy atom. The monoisotopic (exact) mass is 304 g/mol. The fourth-order valence-electron chi connectivity index (χ4n) is 2.61. The highest BCUT2D eigenvalue weighted by molar-refractivity contribution is 5.79. The Kier molecular flexibility index (Phi) is 8.60. The van der Waals surface area contributed by atoms with Crippen molar-refractivity contribution < 1.29 is 0 Å². The fourth-order valence-corrected chi connectivity index (χ4v) is 2.61. The number of nitrogens with one attached hydrogen (secondary N) is 2. The summed E-state index contributed by atoms with van der Waals surface area (Å²) in [6, 6.07) is 11.6. The van der Waals surface area contributed by atoms with Crippen LogP contribution in [-0.2, 0) is 6.42 Å². The Hall–Kier alpha value is -1.55. The van der Waals surface area contributed by atoms with Crippen molar-refractivity contribution >= 4 is 5.96 Å². The molecular weight excluding hydrogens is 272 g/mol. The van der Waals surface area contributed by atoms with E-state index in [1.807, 2.05) is 13.1 Å². The maximum Gasteiger partial charge on any atom is 0.191 e. The van der Waals surface area contributed by atoms with Crippen LogP contribution in [0.25, 0.3) is 0 Å². The molecule has 0 atom stereocenters.